The van der Waals surface area contributed by atoms with Crippen LogP contribution in [0.3, 0.4) is 0 Å². The second-order valence-electron chi connectivity index (χ2n) is 7.11. The van der Waals surface area contributed by atoms with E-state index in [9.17, 15) is 4.79 Å². The molecule has 5 nitrogen and oxygen atoms in total. The number of pyridine rings is 1. The second kappa shape index (κ2) is 8.63. The molecule has 2 N–H and O–H groups in total. The van der Waals surface area contributed by atoms with Crippen molar-refractivity contribution in [2.45, 2.75) is 38.6 Å². The molecule has 0 aliphatic heterocycles. The van der Waals surface area contributed by atoms with E-state index in [0.29, 0.717) is 0 Å². The van der Waals surface area contributed by atoms with Crippen LogP contribution in [-0.4, -0.2) is 22.4 Å². The minimum absolute atomic E-state index is 0.0510. The first-order valence-corrected chi connectivity index (χ1v) is 10.5. The minimum atomic E-state index is -0.0510. The van der Waals surface area contributed by atoms with Gasteiger partial charge < -0.3 is 10.6 Å². The molecule has 2 aromatic heterocycles. The lowest BCUT2D eigenvalue weighted by molar-refractivity contribution is -0.115. The summed E-state index contributed by atoms with van der Waals surface area (Å²) in [6.45, 7) is 2.32. The second-order valence-corrected chi connectivity index (χ2v) is 8.19. The molecule has 1 aliphatic carbocycles. The number of thiazole rings is 1. The first-order valence-electron chi connectivity index (χ1n) is 9.71. The molecule has 1 amide bonds. The van der Waals surface area contributed by atoms with Gasteiger partial charge in [0, 0.05) is 23.3 Å². The van der Waals surface area contributed by atoms with Crippen LogP contribution in [0.5, 0.6) is 0 Å². The lowest BCUT2D eigenvalue weighted by atomic mass is 10.0. The summed E-state index contributed by atoms with van der Waals surface area (Å²) >= 11 is 1.62. The van der Waals surface area contributed by atoms with E-state index in [4.69, 9.17) is 0 Å². The Bertz CT molecular complexity index is 913. The fourth-order valence-electron chi connectivity index (χ4n) is 3.43. The Morgan fingerprint density at radius 2 is 1.96 bits per heavy atom. The van der Waals surface area contributed by atoms with Crippen LogP contribution in [0.4, 0.5) is 5.13 Å². The number of benzene rings is 1. The van der Waals surface area contributed by atoms with Gasteiger partial charge in [-0.2, -0.15) is 0 Å². The molecule has 28 heavy (non-hydrogen) atoms. The summed E-state index contributed by atoms with van der Waals surface area (Å²) in [5.41, 5.74) is 4.54. The number of carbonyl (C=O) groups excluding carboxylic acids is 1. The fraction of sp³-hybridized carbons (Fsp3) is 0.318. The molecule has 144 valence electrons. The van der Waals surface area contributed by atoms with Crippen LogP contribution in [0.2, 0.25) is 0 Å². The van der Waals surface area contributed by atoms with Gasteiger partial charge in [-0.3, -0.25) is 9.78 Å². The van der Waals surface area contributed by atoms with Crippen molar-refractivity contribution in [3.8, 4) is 11.1 Å². The van der Waals surface area contributed by atoms with Crippen LogP contribution >= 0.6 is 11.3 Å². The van der Waals surface area contributed by atoms with E-state index in [2.05, 4.69) is 51.8 Å². The zero-order valence-corrected chi connectivity index (χ0v) is 16.8. The third-order valence-corrected chi connectivity index (χ3v) is 6.14. The number of hydrogen-bond acceptors (Lipinski definition) is 5. The van der Waals surface area contributed by atoms with Gasteiger partial charge in [0.05, 0.1) is 12.2 Å². The molecular formula is C22H24N4OS. The van der Waals surface area contributed by atoms with Crippen molar-refractivity contribution in [3.05, 3.63) is 64.9 Å². The van der Waals surface area contributed by atoms with Crippen LogP contribution in [-0.2, 0) is 17.6 Å². The van der Waals surface area contributed by atoms with Gasteiger partial charge in [-0.1, -0.05) is 30.3 Å². The van der Waals surface area contributed by atoms with Crippen molar-refractivity contribution in [1.29, 1.82) is 0 Å². The highest BCUT2D eigenvalue weighted by atomic mass is 32.1. The zero-order chi connectivity index (χ0) is 19.3. The maximum absolute atomic E-state index is 12.3. The Morgan fingerprint density at radius 3 is 2.71 bits per heavy atom. The fourth-order valence-corrected chi connectivity index (χ4v) is 4.50. The summed E-state index contributed by atoms with van der Waals surface area (Å²) in [5, 5.41) is 6.96. The Hall–Kier alpha value is -2.57. The van der Waals surface area contributed by atoms with E-state index in [1.807, 2.05) is 18.3 Å². The molecule has 0 spiro atoms. The zero-order valence-electron chi connectivity index (χ0n) is 15.9. The van der Waals surface area contributed by atoms with Crippen molar-refractivity contribution < 1.29 is 4.79 Å². The van der Waals surface area contributed by atoms with E-state index < -0.39 is 0 Å². The highest BCUT2D eigenvalue weighted by molar-refractivity contribution is 7.15. The van der Waals surface area contributed by atoms with Gasteiger partial charge in [-0.05, 0) is 55.4 Å². The molecule has 0 fully saturated rings. The number of carbonyl (C=O) groups is 1. The molecule has 4 rings (SSSR count). The maximum Gasteiger partial charge on any atom is 0.240 e. The van der Waals surface area contributed by atoms with E-state index in [-0.39, 0.29) is 18.5 Å². The highest BCUT2D eigenvalue weighted by Gasteiger charge is 2.16. The van der Waals surface area contributed by atoms with E-state index in [1.165, 1.54) is 23.4 Å². The van der Waals surface area contributed by atoms with E-state index >= 15 is 0 Å². The van der Waals surface area contributed by atoms with Crippen molar-refractivity contribution in [2.75, 3.05) is 11.9 Å². The van der Waals surface area contributed by atoms with E-state index in [1.54, 1.807) is 17.5 Å². The molecule has 0 saturated carbocycles. The SMILES string of the molecule is CC(NCC(=O)Nc1nc2c(s1)CCCC2)c1ccc(-c2cccnc2)cc1. The van der Waals surface area contributed by atoms with Gasteiger partial charge >= 0.3 is 0 Å². The number of anilines is 1. The van der Waals surface area contributed by atoms with Gasteiger partial charge in [-0.15, -0.1) is 11.3 Å². The largest absolute Gasteiger partial charge is 0.302 e. The van der Waals surface area contributed by atoms with Crippen LogP contribution in [0.1, 0.15) is 41.9 Å². The monoisotopic (exact) mass is 392 g/mol. The molecule has 3 aromatic rings. The quantitative estimate of drug-likeness (QED) is 0.654. The predicted octanol–water partition coefficient (Wildman–Crippen LogP) is 4.37. The first-order chi connectivity index (χ1) is 13.7. The third-order valence-electron chi connectivity index (χ3n) is 5.07. The average molecular weight is 393 g/mol. The molecule has 1 unspecified atom stereocenters. The summed E-state index contributed by atoms with van der Waals surface area (Å²) in [4.78, 5) is 22.3. The van der Waals surface area contributed by atoms with Crippen LogP contribution in [0.15, 0.2) is 48.8 Å². The van der Waals surface area contributed by atoms with Gasteiger partial charge in [0.2, 0.25) is 5.91 Å². The minimum Gasteiger partial charge on any atom is -0.302 e. The van der Waals surface area contributed by atoms with Gasteiger partial charge in [-0.25, -0.2) is 4.98 Å². The van der Waals surface area contributed by atoms with Crippen molar-refractivity contribution in [1.82, 2.24) is 15.3 Å². The number of hydrogen-bond donors (Lipinski definition) is 2. The first kappa shape index (κ1) is 18.8. The van der Waals surface area contributed by atoms with Crippen molar-refractivity contribution in [3.63, 3.8) is 0 Å². The Kier molecular flexibility index (Phi) is 5.78. The summed E-state index contributed by atoms with van der Waals surface area (Å²) in [5.74, 6) is -0.0510. The normalized spacial score (nSPS) is 14.3. The summed E-state index contributed by atoms with van der Waals surface area (Å²) in [6, 6.07) is 12.4. The number of nitrogens with zero attached hydrogens (tertiary/aromatic N) is 2. The molecule has 0 saturated heterocycles. The predicted molar refractivity (Wildman–Crippen MR) is 113 cm³/mol. The molecule has 1 aliphatic rings. The van der Waals surface area contributed by atoms with Gasteiger partial charge in [0.15, 0.2) is 5.13 Å². The third kappa shape index (κ3) is 4.46. The average Bonchev–Trinajstić information content (AvgIpc) is 3.15. The highest BCUT2D eigenvalue weighted by Crippen LogP contribution is 2.29. The Labute approximate surface area is 169 Å². The topological polar surface area (TPSA) is 66.9 Å². The van der Waals surface area contributed by atoms with Gasteiger partial charge in [0.25, 0.3) is 0 Å². The van der Waals surface area contributed by atoms with Crippen LogP contribution in [0, 0.1) is 0 Å². The number of rotatable bonds is 6. The molecule has 1 aromatic carbocycles. The number of nitrogens with one attached hydrogen (secondary N) is 2. The Balaban J connectivity index is 1.30. The van der Waals surface area contributed by atoms with Crippen LogP contribution in [0.25, 0.3) is 11.1 Å². The summed E-state index contributed by atoms with van der Waals surface area (Å²) < 4.78 is 0. The maximum atomic E-state index is 12.3. The van der Waals surface area contributed by atoms with Crippen molar-refractivity contribution in [2.24, 2.45) is 0 Å². The van der Waals surface area contributed by atoms with E-state index in [0.717, 1.165) is 34.7 Å². The lowest BCUT2D eigenvalue weighted by Crippen LogP contribution is -2.30. The smallest absolute Gasteiger partial charge is 0.240 e. The molecule has 0 radical (unpaired) electrons. The molecule has 0 bridgehead atoms. The van der Waals surface area contributed by atoms with Crippen LogP contribution < -0.4 is 10.6 Å². The molecule has 6 heteroatoms. The lowest BCUT2D eigenvalue weighted by Gasteiger charge is -2.14. The number of amides is 1. The van der Waals surface area contributed by atoms with Gasteiger partial charge in [0.1, 0.15) is 0 Å². The van der Waals surface area contributed by atoms with Crippen molar-refractivity contribution >= 4 is 22.4 Å². The number of aryl methyl sites for hydroxylation is 2. The number of aromatic nitrogens is 2. The standard InChI is InChI=1S/C22H24N4OS/c1-15(16-8-10-17(11-9-16)18-5-4-12-23-13-18)24-14-21(27)26-22-25-19-6-2-3-7-20(19)28-22/h4-5,8-13,15,24H,2-3,6-7,14H2,1H3,(H,25,26,27). The Morgan fingerprint density at radius 1 is 1.14 bits per heavy atom. The molecule has 1 atom stereocenters. The molecule has 2 heterocycles. The molecular weight excluding hydrogens is 368 g/mol. The summed E-state index contributed by atoms with van der Waals surface area (Å²) in [7, 11) is 0. The summed E-state index contributed by atoms with van der Waals surface area (Å²) in [6.07, 6.45) is 8.18. The number of fused-ring (bicyclic) bond motifs is 1.